The fraction of sp³-hybridized carbons (Fsp3) is 0.571. The normalized spacial score (nSPS) is 26.5. The maximum Gasteiger partial charge on any atom is 0.000836 e. The number of nitrogens with one attached hydrogen (secondary N) is 1. The lowest BCUT2D eigenvalue weighted by atomic mass is 9.77. The van der Waals surface area contributed by atoms with Crippen LogP contribution in [0.3, 0.4) is 0 Å². The topological polar surface area (TPSA) is 12.0 Å². The predicted molar refractivity (Wildman–Crippen MR) is 65.1 cm³/mol. The Morgan fingerprint density at radius 3 is 2.80 bits per heavy atom. The molecule has 15 heavy (non-hydrogen) atoms. The van der Waals surface area contributed by atoms with Crippen LogP contribution in [0.2, 0.25) is 0 Å². The molecule has 1 aromatic rings. The van der Waals surface area contributed by atoms with E-state index in [4.69, 9.17) is 0 Å². The highest BCUT2D eigenvalue weighted by Gasteiger charge is 2.27. The Balaban J connectivity index is 2.10. The Labute approximate surface area is 92.9 Å². The molecule has 0 aliphatic carbocycles. The standard InChI is InChI=1S/C14H21N/c1-12-6-3-4-7-13(12)10-14(2)8-5-9-15-11-14/h3-4,6-7,15H,5,8-11H2,1-2H3. The van der Waals surface area contributed by atoms with E-state index in [1.165, 1.54) is 43.5 Å². The van der Waals surface area contributed by atoms with E-state index < -0.39 is 0 Å². The molecule has 0 saturated carbocycles. The zero-order valence-corrected chi connectivity index (χ0v) is 9.84. The molecule has 1 aromatic carbocycles. The fourth-order valence-corrected chi connectivity index (χ4v) is 2.54. The minimum Gasteiger partial charge on any atom is -0.316 e. The molecule has 0 amide bonds. The number of aryl methyl sites for hydroxylation is 1. The zero-order chi connectivity index (χ0) is 10.7. The Morgan fingerprint density at radius 2 is 2.13 bits per heavy atom. The van der Waals surface area contributed by atoms with Gasteiger partial charge in [0.05, 0.1) is 0 Å². The van der Waals surface area contributed by atoms with Crippen molar-refractivity contribution in [2.45, 2.75) is 33.1 Å². The molecule has 1 saturated heterocycles. The molecule has 1 nitrogen and oxygen atoms in total. The van der Waals surface area contributed by atoms with Crippen LogP contribution in [0.4, 0.5) is 0 Å². The first kappa shape index (κ1) is 10.7. The lowest BCUT2D eigenvalue weighted by molar-refractivity contribution is 0.234. The highest BCUT2D eigenvalue weighted by Crippen LogP contribution is 2.30. The van der Waals surface area contributed by atoms with E-state index >= 15 is 0 Å². The van der Waals surface area contributed by atoms with E-state index in [1.807, 2.05) is 0 Å². The maximum absolute atomic E-state index is 3.52. The van der Waals surface area contributed by atoms with Crippen molar-refractivity contribution in [3.05, 3.63) is 35.4 Å². The largest absolute Gasteiger partial charge is 0.316 e. The van der Waals surface area contributed by atoms with Crippen molar-refractivity contribution in [1.29, 1.82) is 0 Å². The summed E-state index contributed by atoms with van der Waals surface area (Å²) in [5.74, 6) is 0. The Hall–Kier alpha value is -0.820. The van der Waals surface area contributed by atoms with E-state index in [-0.39, 0.29) is 0 Å². The van der Waals surface area contributed by atoms with Crippen molar-refractivity contribution < 1.29 is 0 Å². The molecule has 1 aliphatic heterocycles. The zero-order valence-electron chi connectivity index (χ0n) is 9.84. The van der Waals surface area contributed by atoms with Crippen molar-refractivity contribution in [1.82, 2.24) is 5.32 Å². The van der Waals surface area contributed by atoms with Gasteiger partial charge in [0.2, 0.25) is 0 Å². The summed E-state index contributed by atoms with van der Waals surface area (Å²) >= 11 is 0. The molecule has 1 atom stereocenters. The molecule has 1 unspecified atom stereocenters. The van der Waals surface area contributed by atoms with E-state index in [0.717, 1.165) is 0 Å². The summed E-state index contributed by atoms with van der Waals surface area (Å²) in [6, 6.07) is 8.77. The van der Waals surface area contributed by atoms with Crippen molar-refractivity contribution in [2.75, 3.05) is 13.1 Å². The first-order valence-corrected chi connectivity index (χ1v) is 5.95. The van der Waals surface area contributed by atoms with Gasteiger partial charge in [-0.15, -0.1) is 0 Å². The van der Waals surface area contributed by atoms with Crippen LogP contribution in [-0.4, -0.2) is 13.1 Å². The number of piperidine rings is 1. The van der Waals surface area contributed by atoms with Gasteiger partial charge in [0, 0.05) is 6.54 Å². The second-order valence-electron chi connectivity index (χ2n) is 5.19. The van der Waals surface area contributed by atoms with Gasteiger partial charge in [0.25, 0.3) is 0 Å². The predicted octanol–water partition coefficient (Wildman–Crippen LogP) is 2.93. The van der Waals surface area contributed by atoms with E-state index in [9.17, 15) is 0 Å². The molecule has 1 heterocycles. The van der Waals surface area contributed by atoms with Gasteiger partial charge in [-0.3, -0.25) is 0 Å². The average molecular weight is 203 g/mol. The van der Waals surface area contributed by atoms with Crippen LogP contribution in [0.5, 0.6) is 0 Å². The van der Waals surface area contributed by atoms with Gasteiger partial charge >= 0.3 is 0 Å². The van der Waals surface area contributed by atoms with Gasteiger partial charge in [0.1, 0.15) is 0 Å². The Bertz CT molecular complexity index is 324. The molecule has 82 valence electrons. The molecule has 0 spiro atoms. The minimum absolute atomic E-state index is 0.463. The summed E-state index contributed by atoms with van der Waals surface area (Å²) in [7, 11) is 0. The summed E-state index contributed by atoms with van der Waals surface area (Å²) in [5.41, 5.74) is 3.41. The second-order valence-corrected chi connectivity index (χ2v) is 5.19. The monoisotopic (exact) mass is 203 g/mol. The number of rotatable bonds is 2. The molecule has 1 fully saturated rings. The first-order valence-electron chi connectivity index (χ1n) is 5.95. The molecule has 0 aromatic heterocycles. The van der Waals surface area contributed by atoms with Crippen LogP contribution in [-0.2, 0) is 6.42 Å². The van der Waals surface area contributed by atoms with Crippen LogP contribution >= 0.6 is 0 Å². The molecule has 1 N–H and O–H groups in total. The molecule has 2 rings (SSSR count). The summed E-state index contributed by atoms with van der Waals surface area (Å²) < 4.78 is 0. The fourth-order valence-electron chi connectivity index (χ4n) is 2.54. The van der Waals surface area contributed by atoms with Gasteiger partial charge < -0.3 is 5.32 Å². The van der Waals surface area contributed by atoms with Gasteiger partial charge in [-0.2, -0.15) is 0 Å². The van der Waals surface area contributed by atoms with Crippen LogP contribution < -0.4 is 5.32 Å². The molecule has 0 radical (unpaired) electrons. The number of hydrogen-bond acceptors (Lipinski definition) is 1. The average Bonchev–Trinajstić information content (AvgIpc) is 2.22. The molecular formula is C14H21N. The second kappa shape index (κ2) is 4.36. The smallest absolute Gasteiger partial charge is 0.000836 e. The maximum atomic E-state index is 3.52. The number of hydrogen-bond donors (Lipinski definition) is 1. The number of benzene rings is 1. The van der Waals surface area contributed by atoms with E-state index in [0.29, 0.717) is 5.41 Å². The molecule has 0 bridgehead atoms. The summed E-state index contributed by atoms with van der Waals surface area (Å²) in [4.78, 5) is 0. The van der Waals surface area contributed by atoms with E-state index in [1.54, 1.807) is 0 Å². The third-order valence-electron chi connectivity index (χ3n) is 3.56. The molecule has 1 heteroatoms. The van der Waals surface area contributed by atoms with Crippen LogP contribution in [0, 0.1) is 12.3 Å². The summed E-state index contributed by atoms with van der Waals surface area (Å²) in [6.07, 6.45) is 3.89. The van der Waals surface area contributed by atoms with Crippen LogP contribution in [0.25, 0.3) is 0 Å². The lowest BCUT2D eigenvalue weighted by Gasteiger charge is -2.34. The Morgan fingerprint density at radius 1 is 1.33 bits per heavy atom. The third kappa shape index (κ3) is 2.60. The summed E-state index contributed by atoms with van der Waals surface area (Å²) in [5, 5.41) is 3.52. The molecule has 1 aliphatic rings. The SMILES string of the molecule is Cc1ccccc1CC1(C)CCCNC1. The minimum atomic E-state index is 0.463. The van der Waals surface area contributed by atoms with Gasteiger partial charge in [-0.25, -0.2) is 0 Å². The van der Waals surface area contributed by atoms with Gasteiger partial charge in [-0.1, -0.05) is 31.2 Å². The van der Waals surface area contributed by atoms with Gasteiger partial charge in [0.15, 0.2) is 0 Å². The van der Waals surface area contributed by atoms with Gasteiger partial charge in [-0.05, 0) is 49.3 Å². The highest BCUT2D eigenvalue weighted by atomic mass is 14.9. The van der Waals surface area contributed by atoms with Crippen molar-refractivity contribution >= 4 is 0 Å². The third-order valence-corrected chi connectivity index (χ3v) is 3.56. The first-order chi connectivity index (χ1) is 7.20. The van der Waals surface area contributed by atoms with Crippen molar-refractivity contribution in [3.63, 3.8) is 0 Å². The molecular weight excluding hydrogens is 182 g/mol. The quantitative estimate of drug-likeness (QED) is 0.779. The van der Waals surface area contributed by atoms with Crippen molar-refractivity contribution in [2.24, 2.45) is 5.41 Å². The van der Waals surface area contributed by atoms with Crippen LogP contribution in [0.15, 0.2) is 24.3 Å². The lowest BCUT2D eigenvalue weighted by Crippen LogP contribution is -2.39. The Kier molecular flexibility index (Phi) is 3.11. The highest BCUT2D eigenvalue weighted by molar-refractivity contribution is 5.26. The van der Waals surface area contributed by atoms with Crippen LogP contribution in [0.1, 0.15) is 30.9 Å². The van der Waals surface area contributed by atoms with E-state index in [2.05, 4.69) is 43.4 Å². The van der Waals surface area contributed by atoms with Crippen molar-refractivity contribution in [3.8, 4) is 0 Å². The summed E-state index contributed by atoms with van der Waals surface area (Å²) in [6.45, 7) is 6.99.